The van der Waals surface area contributed by atoms with Crippen molar-refractivity contribution in [3.8, 4) is 17.2 Å². The van der Waals surface area contributed by atoms with Crippen molar-refractivity contribution in [2.45, 2.75) is 75.1 Å². The van der Waals surface area contributed by atoms with Crippen LogP contribution in [0.5, 0.6) is 0 Å². The zero-order valence-electron chi connectivity index (χ0n) is 22.5. The van der Waals surface area contributed by atoms with E-state index >= 15 is 4.39 Å². The van der Waals surface area contributed by atoms with Gasteiger partial charge in [-0.1, -0.05) is 34.2 Å². The summed E-state index contributed by atoms with van der Waals surface area (Å²) in [5.41, 5.74) is 0.993. The van der Waals surface area contributed by atoms with Gasteiger partial charge in [0, 0.05) is 17.4 Å². The van der Waals surface area contributed by atoms with Crippen LogP contribution in [0.15, 0.2) is 47.4 Å². The number of nitriles is 1. The lowest BCUT2D eigenvalue weighted by Gasteiger charge is -2.35. The Labute approximate surface area is 224 Å². The van der Waals surface area contributed by atoms with Crippen molar-refractivity contribution in [1.82, 2.24) is 10.2 Å². The van der Waals surface area contributed by atoms with Crippen LogP contribution in [0.1, 0.15) is 45.6 Å². The molecule has 1 saturated carbocycles. The third-order valence-electron chi connectivity index (χ3n) is 7.21. The Kier molecular flexibility index (Phi) is 7.67. The summed E-state index contributed by atoms with van der Waals surface area (Å²) in [6.45, 7) is 5.34. The molecule has 1 heterocycles. The number of ether oxygens (including phenoxy) is 1. The van der Waals surface area contributed by atoms with Crippen molar-refractivity contribution in [1.29, 1.82) is 5.26 Å². The molecule has 2 amide bonds. The molecule has 1 unspecified atom stereocenters. The minimum atomic E-state index is -2.46. The molecule has 7 nitrogen and oxygen atoms in total. The predicted molar refractivity (Wildman–Crippen MR) is 146 cm³/mol. The Hall–Kier alpha value is -3.25. The van der Waals surface area contributed by atoms with Gasteiger partial charge in [-0.3, -0.25) is 13.9 Å². The number of likely N-dealkylation sites (tertiary alicyclic amines) is 1. The summed E-state index contributed by atoms with van der Waals surface area (Å²) in [5, 5.41) is 12.5. The summed E-state index contributed by atoms with van der Waals surface area (Å²) in [5.74, 6) is -0.888. The molecule has 2 fully saturated rings. The number of nitrogens with zero attached hydrogens (tertiary/aromatic N) is 2. The summed E-state index contributed by atoms with van der Waals surface area (Å²) in [6.07, 6.45) is 5.24. The first-order valence-corrected chi connectivity index (χ1v) is 15.5. The van der Waals surface area contributed by atoms with Crippen molar-refractivity contribution < 1.29 is 22.9 Å². The summed E-state index contributed by atoms with van der Waals surface area (Å²) >= 11 is 0. The van der Waals surface area contributed by atoms with Gasteiger partial charge >= 0.3 is 6.09 Å². The largest absolute Gasteiger partial charge is 0.444 e. The van der Waals surface area contributed by atoms with Crippen LogP contribution in [0.4, 0.5) is 9.18 Å². The molecular weight excluding hydrogens is 505 g/mol. The molecule has 0 spiro atoms. The van der Waals surface area contributed by atoms with Crippen LogP contribution >= 0.6 is 0 Å². The molecule has 1 aliphatic carbocycles. The molecule has 2 aromatic carbocycles. The van der Waals surface area contributed by atoms with Crippen LogP contribution in [-0.2, 0) is 25.9 Å². The zero-order chi connectivity index (χ0) is 27.8. The van der Waals surface area contributed by atoms with Crippen LogP contribution in [0, 0.1) is 23.1 Å². The fourth-order valence-electron chi connectivity index (χ4n) is 5.42. The second-order valence-corrected chi connectivity index (χ2v) is 14.9. The fourth-order valence-corrected chi connectivity index (χ4v) is 6.32. The number of piperidine rings is 1. The molecule has 2 aromatic rings. The lowest BCUT2D eigenvalue weighted by molar-refractivity contribution is -0.128. The zero-order valence-corrected chi connectivity index (χ0v) is 23.4. The second kappa shape index (κ2) is 10.5. The molecule has 2 bridgehead atoms. The number of fused-ring (bicyclic) bond motifs is 2. The van der Waals surface area contributed by atoms with Gasteiger partial charge in [0.1, 0.15) is 23.5 Å². The Morgan fingerprint density at radius 2 is 1.89 bits per heavy atom. The highest BCUT2D eigenvalue weighted by atomic mass is 32.2. The monoisotopic (exact) mass is 541 g/mol. The van der Waals surface area contributed by atoms with E-state index in [1.54, 1.807) is 63.6 Å². The summed E-state index contributed by atoms with van der Waals surface area (Å²) in [6, 6.07) is 12.3. The van der Waals surface area contributed by atoms with Crippen molar-refractivity contribution in [2.75, 3.05) is 12.5 Å². The van der Waals surface area contributed by atoms with Gasteiger partial charge in [0.25, 0.3) is 0 Å². The highest BCUT2D eigenvalue weighted by molar-refractivity contribution is 8.01. The van der Waals surface area contributed by atoms with E-state index in [0.29, 0.717) is 16.0 Å². The van der Waals surface area contributed by atoms with E-state index in [1.807, 2.05) is 6.07 Å². The van der Waals surface area contributed by atoms with Gasteiger partial charge in [-0.2, -0.15) is 5.26 Å². The minimum Gasteiger partial charge on any atom is -0.444 e. The first-order valence-electron chi connectivity index (χ1n) is 12.9. The van der Waals surface area contributed by atoms with E-state index < -0.39 is 45.4 Å². The fraction of sp³-hybridized carbons (Fsp3) is 0.483. The Morgan fingerprint density at radius 1 is 1.18 bits per heavy atom. The molecular formula is C29H36FN3O4S. The van der Waals surface area contributed by atoms with Gasteiger partial charge in [-0.05, 0) is 93.4 Å². The summed E-state index contributed by atoms with van der Waals surface area (Å²) in [7, 11) is -2.46. The molecule has 1 saturated heterocycles. The third-order valence-corrected chi connectivity index (χ3v) is 8.73. The predicted octanol–water partition coefficient (Wildman–Crippen LogP) is 4.47. The minimum absolute atomic E-state index is 0.0131. The number of halogens is 1. The normalized spacial score (nSPS) is 22.0. The van der Waals surface area contributed by atoms with E-state index in [9.17, 15) is 19.1 Å². The molecule has 204 valence electrons. The van der Waals surface area contributed by atoms with Crippen LogP contribution in [0.25, 0.3) is 11.1 Å². The van der Waals surface area contributed by atoms with Crippen LogP contribution < -0.4 is 5.32 Å². The number of hydrogen-bond donors (Lipinski definition) is 2. The number of nitrogens with one attached hydrogen (secondary N) is 1. The lowest BCUT2D eigenvalue weighted by atomic mass is 9.97. The van der Waals surface area contributed by atoms with Gasteiger partial charge in [-0.25, -0.2) is 9.18 Å². The number of carbonyl (C=O) groups is 2. The molecule has 4 rings (SSSR count). The Bertz CT molecular complexity index is 1330. The molecule has 1 N–H and O–H groups in total. The average molecular weight is 542 g/mol. The number of rotatable bonds is 6. The summed E-state index contributed by atoms with van der Waals surface area (Å²) < 4.78 is 33.1. The van der Waals surface area contributed by atoms with E-state index in [1.165, 1.54) is 11.0 Å². The molecule has 38 heavy (non-hydrogen) atoms. The van der Waals surface area contributed by atoms with E-state index in [2.05, 4.69) is 11.4 Å². The second-order valence-electron chi connectivity index (χ2n) is 11.7. The first kappa shape index (κ1) is 27.8. The topological polar surface area (TPSA) is 99.5 Å². The first-order chi connectivity index (χ1) is 17.8. The molecule has 0 aromatic heterocycles. The number of amides is 2. The highest BCUT2D eigenvalue weighted by Crippen LogP contribution is 2.43. The van der Waals surface area contributed by atoms with E-state index in [4.69, 9.17) is 4.74 Å². The molecule has 0 radical (unpaired) electrons. The number of hydrogen-bond acceptors (Lipinski definition) is 5. The maximum Gasteiger partial charge on any atom is 0.411 e. The van der Waals surface area contributed by atoms with Crippen LogP contribution in [0.3, 0.4) is 0 Å². The van der Waals surface area contributed by atoms with Gasteiger partial charge in [0.15, 0.2) is 0 Å². The maximum absolute atomic E-state index is 15.1. The SMILES string of the molecule is CC(C)(C)OC(=O)N1[C@@H]2CC[C@@H](C2)[C@H]1C(=O)NC(C#N)Cc1ccc(-c2cccc([SH](C)(C)=O)c2)cc1F. The maximum atomic E-state index is 15.1. The molecule has 2 aliphatic rings. The highest BCUT2D eigenvalue weighted by Gasteiger charge is 2.52. The number of carbonyl (C=O) groups excluding carboxylic acids is 2. The quantitative estimate of drug-likeness (QED) is 0.526. The molecule has 4 atom stereocenters. The van der Waals surface area contributed by atoms with Gasteiger partial charge in [0.05, 0.1) is 6.07 Å². The van der Waals surface area contributed by atoms with Crippen molar-refractivity contribution >= 4 is 21.9 Å². The van der Waals surface area contributed by atoms with Crippen LogP contribution in [0.2, 0.25) is 0 Å². The standard InChI is InChI=1S/C29H36FN3O4S/c1-29(2,3)37-28(35)33-23-12-11-21(14-23)26(33)27(34)32-22(17-31)13-20-10-9-19(16-25(20)30)18-7-6-8-24(15-18)38(4,5)36/h6-10,15-16,21-23,26,38H,11-14H2,1-5H3,(H,32,34)/t21-,22?,23+,26-/m0/s1. The van der Waals surface area contributed by atoms with Crippen molar-refractivity contribution in [2.24, 2.45) is 5.92 Å². The molecule has 9 heteroatoms. The third kappa shape index (κ3) is 6.07. The number of benzene rings is 2. The van der Waals surface area contributed by atoms with Crippen molar-refractivity contribution in [3.63, 3.8) is 0 Å². The average Bonchev–Trinajstić information content (AvgIpc) is 3.45. The number of thiol groups is 1. The van der Waals surface area contributed by atoms with Crippen LogP contribution in [-0.4, -0.2) is 57.3 Å². The van der Waals surface area contributed by atoms with Gasteiger partial charge in [0.2, 0.25) is 5.91 Å². The summed E-state index contributed by atoms with van der Waals surface area (Å²) in [4.78, 5) is 28.4. The van der Waals surface area contributed by atoms with Gasteiger partial charge < -0.3 is 10.1 Å². The lowest BCUT2D eigenvalue weighted by Crippen LogP contribution is -2.55. The van der Waals surface area contributed by atoms with Gasteiger partial charge in [-0.15, -0.1) is 0 Å². The Morgan fingerprint density at radius 3 is 2.53 bits per heavy atom. The smallest absolute Gasteiger partial charge is 0.411 e. The molecule has 1 aliphatic heterocycles. The Balaban J connectivity index is 1.47. The van der Waals surface area contributed by atoms with Crippen molar-refractivity contribution in [3.05, 3.63) is 53.8 Å². The van der Waals surface area contributed by atoms with E-state index in [0.717, 1.165) is 24.8 Å². The van der Waals surface area contributed by atoms with E-state index in [-0.39, 0.29) is 18.4 Å².